The highest BCUT2D eigenvalue weighted by atomic mass is 16.7. The second kappa shape index (κ2) is 7.46. The average molecular weight is 396 g/mol. The molecular weight excluding hydrogens is 367 g/mol. The van der Waals surface area contributed by atoms with Crippen LogP contribution in [0.15, 0.2) is 42.6 Å². The summed E-state index contributed by atoms with van der Waals surface area (Å²) in [5, 5.41) is 3.25. The number of pyridine rings is 1. The molecule has 1 aliphatic rings. The molecule has 29 heavy (non-hydrogen) atoms. The molecule has 0 amide bonds. The SMILES string of the molecule is CC(C)(C)OC(=O)c1ccc(Nc2cc(B3OC(C)(C)C(C)(C)O3)ccn2)cc1. The molecule has 6 nitrogen and oxygen atoms in total. The number of esters is 1. The zero-order valence-electron chi connectivity index (χ0n) is 18.2. The maximum Gasteiger partial charge on any atom is 0.495 e. The van der Waals surface area contributed by atoms with Crippen molar-refractivity contribution < 1.29 is 18.8 Å². The Morgan fingerprint density at radius 1 is 1.03 bits per heavy atom. The third-order valence-electron chi connectivity index (χ3n) is 5.10. The fraction of sp³-hybridized carbons (Fsp3) is 0.455. The minimum Gasteiger partial charge on any atom is -0.456 e. The summed E-state index contributed by atoms with van der Waals surface area (Å²) < 4.78 is 17.6. The number of anilines is 2. The molecule has 1 fully saturated rings. The molecule has 0 atom stereocenters. The zero-order chi connectivity index (χ0) is 21.4. The number of ether oxygens (including phenoxy) is 1. The van der Waals surface area contributed by atoms with Crippen molar-refractivity contribution in [2.45, 2.75) is 65.3 Å². The van der Waals surface area contributed by atoms with Crippen LogP contribution in [-0.2, 0) is 14.0 Å². The Kier molecular flexibility index (Phi) is 5.49. The van der Waals surface area contributed by atoms with Gasteiger partial charge in [0.2, 0.25) is 0 Å². The summed E-state index contributed by atoms with van der Waals surface area (Å²) in [5.74, 6) is 0.326. The topological polar surface area (TPSA) is 69.7 Å². The summed E-state index contributed by atoms with van der Waals surface area (Å²) >= 11 is 0. The van der Waals surface area contributed by atoms with Crippen LogP contribution in [-0.4, -0.2) is 34.9 Å². The molecule has 1 aromatic heterocycles. The van der Waals surface area contributed by atoms with Crippen molar-refractivity contribution in [3.8, 4) is 0 Å². The Balaban J connectivity index is 1.70. The van der Waals surface area contributed by atoms with Crippen LogP contribution in [0.1, 0.15) is 58.8 Å². The van der Waals surface area contributed by atoms with E-state index in [4.69, 9.17) is 14.0 Å². The van der Waals surface area contributed by atoms with Gasteiger partial charge >= 0.3 is 13.1 Å². The summed E-state index contributed by atoms with van der Waals surface area (Å²) in [6.07, 6.45) is 1.72. The number of hydrogen-bond donors (Lipinski definition) is 1. The first kappa shape index (κ1) is 21.3. The van der Waals surface area contributed by atoms with E-state index in [1.807, 2.05) is 72.7 Å². The van der Waals surface area contributed by atoms with Gasteiger partial charge in [0, 0.05) is 11.9 Å². The highest BCUT2D eigenvalue weighted by Gasteiger charge is 2.51. The average Bonchev–Trinajstić information content (AvgIpc) is 2.82. The first-order chi connectivity index (χ1) is 13.4. The molecule has 0 spiro atoms. The van der Waals surface area contributed by atoms with Crippen molar-refractivity contribution in [2.75, 3.05) is 5.32 Å². The highest BCUT2D eigenvalue weighted by molar-refractivity contribution is 6.62. The van der Waals surface area contributed by atoms with E-state index < -0.39 is 23.9 Å². The van der Waals surface area contributed by atoms with E-state index in [0.29, 0.717) is 11.4 Å². The van der Waals surface area contributed by atoms with Gasteiger partial charge < -0.3 is 19.4 Å². The van der Waals surface area contributed by atoms with Crippen LogP contribution in [0.2, 0.25) is 0 Å². The minimum absolute atomic E-state index is 0.343. The summed E-state index contributed by atoms with van der Waals surface area (Å²) in [6.45, 7) is 13.6. The zero-order valence-corrected chi connectivity index (χ0v) is 18.2. The van der Waals surface area contributed by atoms with Gasteiger partial charge in [-0.1, -0.05) is 0 Å². The van der Waals surface area contributed by atoms with E-state index in [1.54, 1.807) is 18.3 Å². The minimum atomic E-state index is -0.522. The summed E-state index contributed by atoms with van der Waals surface area (Å²) in [6, 6.07) is 10.9. The van der Waals surface area contributed by atoms with Gasteiger partial charge in [-0.3, -0.25) is 0 Å². The van der Waals surface area contributed by atoms with E-state index in [1.165, 1.54) is 0 Å². The van der Waals surface area contributed by atoms with Crippen LogP contribution in [0.3, 0.4) is 0 Å². The Hall–Kier alpha value is -2.38. The smallest absolute Gasteiger partial charge is 0.456 e. The Morgan fingerprint density at radius 2 is 1.62 bits per heavy atom. The lowest BCUT2D eigenvalue weighted by molar-refractivity contribution is 0.00578. The standard InChI is InChI=1S/C22H29BN2O4/c1-20(2,3)27-19(26)15-8-10-17(11-9-15)25-18-14-16(12-13-24-18)23-28-21(4,5)22(6,7)29-23/h8-14H,1-7H3,(H,24,25). The van der Waals surface area contributed by atoms with Gasteiger partial charge in [0.15, 0.2) is 0 Å². The van der Waals surface area contributed by atoms with Crippen molar-refractivity contribution >= 4 is 30.1 Å². The lowest BCUT2D eigenvalue weighted by Crippen LogP contribution is -2.41. The van der Waals surface area contributed by atoms with E-state index in [-0.39, 0.29) is 5.97 Å². The monoisotopic (exact) mass is 396 g/mol. The van der Waals surface area contributed by atoms with Crippen molar-refractivity contribution in [1.82, 2.24) is 4.98 Å². The number of hydrogen-bond acceptors (Lipinski definition) is 6. The van der Waals surface area contributed by atoms with Crippen molar-refractivity contribution in [2.24, 2.45) is 0 Å². The fourth-order valence-electron chi connectivity index (χ4n) is 2.82. The third kappa shape index (κ3) is 4.97. The number of nitrogens with one attached hydrogen (secondary N) is 1. The first-order valence-corrected chi connectivity index (χ1v) is 9.78. The number of carbonyl (C=O) groups excluding carboxylic acids is 1. The molecular formula is C22H29BN2O4. The molecule has 2 heterocycles. The highest BCUT2D eigenvalue weighted by Crippen LogP contribution is 2.36. The Bertz CT molecular complexity index is 872. The van der Waals surface area contributed by atoms with Gasteiger partial charge in [-0.25, -0.2) is 9.78 Å². The molecule has 154 valence electrons. The molecule has 0 radical (unpaired) electrons. The van der Waals surface area contributed by atoms with Crippen molar-refractivity contribution in [3.63, 3.8) is 0 Å². The van der Waals surface area contributed by atoms with Crippen molar-refractivity contribution in [3.05, 3.63) is 48.2 Å². The molecule has 1 aromatic carbocycles. The third-order valence-corrected chi connectivity index (χ3v) is 5.10. The molecule has 0 saturated carbocycles. The second-order valence-corrected chi connectivity index (χ2v) is 9.27. The Morgan fingerprint density at radius 3 is 2.17 bits per heavy atom. The summed E-state index contributed by atoms with van der Waals surface area (Å²) in [4.78, 5) is 16.5. The number of rotatable bonds is 4. The van der Waals surface area contributed by atoms with E-state index in [9.17, 15) is 4.79 Å². The molecule has 2 aromatic rings. The summed E-state index contributed by atoms with van der Waals surface area (Å²) in [7, 11) is -0.446. The molecule has 7 heteroatoms. The number of carbonyl (C=O) groups is 1. The van der Waals surface area contributed by atoms with Gasteiger partial charge in [0.25, 0.3) is 0 Å². The predicted molar refractivity (Wildman–Crippen MR) is 115 cm³/mol. The van der Waals surface area contributed by atoms with Crippen LogP contribution < -0.4 is 10.8 Å². The normalized spacial score (nSPS) is 17.8. The molecule has 1 aliphatic heterocycles. The lowest BCUT2D eigenvalue weighted by Gasteiger charge is -2.32. The number of nitrogens with zero attached hydrogens (tertiary/aromatic N) is 1. The molecule has 0 unspecified atom stereocenters. The second-order valence-electron chi connectivity index (χ2n) is 9.27. The van der Waals surface area contributed by atoms with Gasteiger partial charge in [-0.2, -0.15) is 0 Å². The van der Waals surface area contributed by atoms with Gasteiger partial charge in [-0.15, -0.1) is 0 Å². The van der Waals surface area contributed by atoms with E-state index in [0.717, 1.165) is 11.2 Å². The summed E-state index contributed by atoms with van der Waals surface area (Å²) in [5.41, 5.74) is 0.899. The Labute approximate surface area is 173 Å². The maximum absolute atomic E-state index is 12.1. The van der Waals surface area contributed by atoms with Crippen LogP contribution in [0.4, 0.5) is 11.5 Å². The molecule has 3 rings (SSSR count). The van der Waals surface area contributed by atoms with Crippen LogP contribution >= 0.6 is 0 Å². The predicted octanol–water partition coefficient (Wildman–Crippen LogP) is 4.08. The molecule has 1 saturated heterocycles. The first-order valence-electron chi connectivity index (χ1n) is 9.78. The van der Waals surface area contributed by atoms with Crippen LogP contribution in [0, 0.1) is 0 Å². The van der Waals surface area contributed by atoms with E-state index in [2.05, 4.69) is 10.3 Å². The van der Waals surface area contributed by atoms with Crippen LogP contribution in [0.5, 0.6) is 0 Å². The quantitative estimate of drug-likeness (QED) is 0.621. The molecule has 0 bridgehead atoms. The molecule has 0 aliphatic carbocycles. The fourth-order valence-corrected chi connectivity index (χ4v) is 2.82. The number of benzene rings is 1. The largest absolute Gasteiger partial charge is 0.495 e. The van der Waals surface area contributed by atoms with Gasteiger partial charge in [0.1, 0.15) is 11.4 Å². The maximum atomic E-state index is 12.1. The van der Waals surface area contributed by atoms with E-state index >= 15 is 0 Å². The lowest BCUT2D eigenvalue weighted by atomic mass is 9.80. The number of aromatic nitrogens is 1. The van der Waals surface area contributed by atoms with Crippen LogP contribution in [0.25, 0.3) is 0 Å². The van der Waals surface area contributed by atoms with Gasteiger partial charge in [0.05, 0.1) is 16.8 Å². The van der Waals surface area contributed by atoms with Crippen molar-refractivity contribution in [1.29, 1.82) is 0 Å². The van der Waals surface area contributed by atoms with Gasteiger partial charge in [-0.05, 0) is 90.3 Å². The molecule has 1 N–H and O–H groups in total.